The van der Waals surface area contributed by atoms with Crippen molar-refractivity contribution in [3.63, 3.8) is 0 Å². The summed E-state index contributed by atoms with van der Waals surface area (Å²) in [6.07, 6.45) is 0.421. The van der Waals surface area contributed by atoms with Crippen molar-refractivity contribution in [1.82, 2.24) is 4.31 Å². The van der Waals surface area contributed by atoms with Gasteiger partial charge in [-0.25, -0.2) is 4.39 Å². The second-order valence-electron chi connectivity index (χ2n) is 6.83. The summed E-state index contributed by atoms with van der Waals surface area (Å²) in [5.41, 5.74) is 0.872. The zero-order valence-electron chi connectivity index (χ0n) is 14.9. The van der Waals surface area contributed by atoms with Crippen LogP contribution in [-0.4, -0.2) is 39.2 Å². The molecule has 0 radical (unpaired) electrons. The fraction of sp³-hybridized carbons (Fsp3) is 0.368. The fourth-order valence-corrected chi connectivity index (χ4v) is 4.38. The lowest BCUT2D eigenvalue weighted by Crippen LogP contribution is -2.43. The van der Waals surface area contributed by atoms with Crippen LogP contribution in [0.1, 0.15) is 17.9 Å². The number of halogens is 2. The lowest BCUT2D eigenvalue weighted by Gasteiger charge is -2.36. The Morgan fingerprint density at radius 1 is 1.11 bits per heavy atom. The summed E-state index contributed by atoms with van der Waals surface area (Å²) in [4.78, 5) is 0. The minimum absolute atomic E-state index is 0.00850. The van der Waals surface area contributed by atoms with Crippen LogP contribution in [0, 0.1) is 11.7 Å². The summed E-state index contributed by atoms with van der Waals surface area (Å²) >= 11 is 0. The molecule has 2 aromatic rings. The van der Waals surface area contributed by atoms with Crippen molar-refractivity contribution in [3.05, 3.63) is 53.8 Å². The van der Waals surface area contributed by atoms with Crippen molar-refractivity contribution in [1.29, 1.82) is 0 Å². The van der Waals surface area contributed by atoms with E-state index in [1.54, 1.807) is 30.3 Å². The molecule has 2 heterocycles. The molecular formula is C19H19F2NO5S. The third-order valence-electron chi connectivity index (χ3n) is 5.11. The maximum absolute atomic E-state index is 13.5. The maximum atomic E-state index is 13.5. The number of hydrogen-bond acceptors (Lipinski definition) is 5. The van der Waals surface area contributed by atoms with Crippen molar-refractivity contribution < 1.29 is 30.9 Å². The number of nitrogens with zero attached hydrogens (tertiary/aromatic N) is 1. The molecule has 2 aliphatic heterocycles. The van der Waals surface area contributed by atoms with E-state index in [2.05, 4.69) is 0 Å². The van der Waals surface area contributed by atoms with Crippen LogP contribution in [-0.2, 0) is 10.4 Å². The lowest BCUT2D eigenvalue weighted by molar-refractivity contribution is 0.154. The minimum Gasteiger partial charge on any atom is -0.493 e. The van der Waals surface area contributed by atoms with Crippen LogP contribution in [0.4, 0.5) is 8.28 Å². The Bertz CT molecular complexity index is 951. The van der Waals surface area contributed by atoms with Crippen LogP contribution in [0.25, 0.3) is 0 Å². The van der Waals surface area contributed by atoms with E-state index in [0.29, 0.717) is 23.7 Å². The molecule has 150 valence electrons. The first-order valence-corrected chi connectivity index (χ1v) is 10.2. The van der Waals surface area contributed by atoms with Gasteiger partial charge in [-0.05, 0) is 42.2 Å². The molecule has 0 amide bonds. The maximum Gasteiger partial charge on any atom is 0.374 e. The fourth-order valence-electron chi connectivity index (χ4n) is 3.68. The van der Waals surface area contributed by atoms with E-state index >= 15 is 0 Å². The highest BCUT2D eigenvalue weighted by Gasteiger charge is 2.36. The lowest BCUT2D eigenvalue weighted by atomic mass is 9.81. The van der Waals surface area contributed by atoms with Crippen LogP contribution in [0.5, 0.6) is 17.2 Å². The minimum atomic E-state index is -4.78. The van der Waals surface area contributed by atoms with Gasteiger partial charge in [0.15, 0.2) is 11.5 Å². The van der Waals surface area contributed by atoms with Crippen LogP contribution < -0.4 is 14.2 Å². The molecule has 2 aliphatic rings. The summed E-state index contributed by atoms with van der Waals surface area (Å²) in [5.74, 6) is 1.03. The Hall–Kier alpha value is -2.39. The van der Waals surface area contributed by atoms with Crippen LogP contribution in [0.2, 0.25) is 0 Å². The van der Waals surface area contributed by atoms with Gasteiger partial charge in [0, 0.05) is 25.1 Å². The first-order chi connectivity index (χ1) is 13.4. The molecule has 2 aromatic carbocycles. The first kappa shape index (κ1) is 18.9. The zero-order chi connectivity index (χ0) is 19.7. The summed E-state index contributed by atoms with van der Waals surface area (Å²) in [6.45, 7) is 0.387. The Morgan fingerprint density at radius 3 is 2.61 bits per heavy atom. The molecule has 1 fully saturated rings. The standard InChI is InChI=1S/C19H19F2NO5S/c20-15-3-1-13(2-4-15)17-7-8-22(28(21,23)24)10-14(17)11-25-16-5-6-18-19(9-16)27-12-26-18/h1-6,9,14,17H,7-8,10-12H2/t14-,17-/m0/s1. The van der Waals surface area contributed by atoms with E-state index in [4.69, 9.17) is 14.2 Å². The van der Waals surface area contributed by atoms with Gasteiger partial charge in [0.25, 0.3) is 0 Å². The monoisotopic (exact) mass is 411 g/mol. The Morgan fingerprint density at radius 2 is 1.86 bits per heavy atom. The van der Waals surface area contributed by atoms with Crippen LogP contribution >= 0.6 is 0 Å². The predicted molar refractivity (Wildman–Crippen MR) is 96.9 cm³/mol. The number of ether oxygens (including phenoxy) is 3. The number of hydrogen-bond donors (Lipinski definition) is 0. The molecule has 28 heavy (non-hydrogen) atoms. The average Bonchev–Trinajstić information content (AvgIpc) is 3.14. The molecule has 0 aliphatic carbocycles. The van der Waals surface area contributed by atoms with E-state index in [9.17, 15) is 16.7 Å². The van der Waals surface area contributed by atoms with Gasteiger partial charge in [-0.15, -0.1) is 0 Å². The van der Waals surface area contributed by atoms with E-state index < -0.39 is 10.4 Å². The van der Waals surface area contributed by atoms with Crippen molar-refractivity contribution in [2.45, 2.75) is 12.3 Å². The van der Waals surface area contributed by atoms with E-state index in [1.165, 1.54) is 12.1 Å². The van der Waals surface area contributed by atoms with Crippen molar-refractivity contribution >= 4 is 10.4 Å². The molecular weight excluding hydrogens is 392 g/mol. The molecule has 9 heteroatoms. The Labute approximate surface area is 162 Å². The molecule has 0 spiro atoms. The second-order valence-corrected chi connectivity index (χ2v) is 8.17. The molecule has 0 aromatic heterocycles. The smallest absolute Gasteiger partial charge is 0.374 e. The summed E-state index contributed by atoms with van der Waals surface area (Å²) < 4.78 is 66.8. The topological polar surface area (TPSA) is 65.1 Å². The number of rotatable bonds is 5. The number of piperidine rings is 1. The quantitative estimate of drug-likeness (QED) is 0.707. The first-order valence-electron chi connectivity index (χ1n) is 8.88. The second kappa shape index (κ2) is 7.56. The molecule has 2 atom stereocenters. The summed E-state index contributed by atoms with van der Waals surface area (Å²) in [7, 11) is -4.78. The molecule has 4 rings (SSSR count). The van der Waals surface area contributed by atoms with Crippen LogP contribution in [0.15, 0.2) is 42.5 Å². The normalized spacial score (nSPS) is 22.2. The van der Waals surface area contributed by atoms with Crippen molar-refractivity contribution in [3.8, 4) is 17.2 Å². The van der Waals surface area contributed by atoms with Gasteiger partial charge in [-0.1, -0.05) is 16.0 Å². The van der Waals surface area contributed by atoms with Crippen molar-refractivity contribution in [2.24, 2.45) is 5.92 Å². The highest BCUT2D eigenvalue weighted by molar-refractivity contribution is 7.83. The van der Waals surface area contributed by atoms with Crippen molar-refractivity contribution in [2.75, 3.05) is 26.5 Å². The third kappa shape index (κ3) is 4.05. The average molecular weight is 411 g/mol. The highest BCUT2D eigenvalue weighted by atomic mass is 32.3. The SMILES string of the molecule is O=S(=O)(F)N1CC[C@@H](c2ccc(F)cc2)[C@H](COc2ccc3c(c2)OCO3)C1. The van der Waals surface area contributed by atoms with Gasteiger partial charge in [0.05, 0.1) is 6.61 Å². The molecule has 0 N–H and O–H groups in total. The van der Waals surface area contributed by atoms with E-state index in [-0.39, 0.29) is 44.1 Å². The van der Waals surface area contributed by atoms with Gasteiger partial charge in [0.2, 0.25) is 6.79 Å². The number of benzene rings is 2. The highest BCUT2D eigenvalue weighted by Crippen LogP contribution is 2.37. The summed E-state index contributed by atoms with van der Waals surface area (Å²) in [5, 5.41) is 0. The molecule has 0 unspecified atom stereocenters. The van der Waals surface area contributed by atoms with E-state index in [1.807, 2.05) is 0 Å². The zero-order valence-corrected chi connectivity index (χ0v) is 15.7. The van der Waals surface area contributed by atoms with Gasteiger partial charge in [-0.2, -0.15) is 12.7 Å². The van der Waals surface area contributed by atoms with Gasteiger partial charge >= 0.3 is 10.4 Å². The molecule has 0 bridgehead atoms. The molecule has 1 saturated heterocycles. The third-order valence-corrected chi connectivity index (χ3v) is 6.06. The van der Waals surface area contributed by atoms with Gasteiger partial charge < -0.3 is 14.2 Å². The predicted octanol–water partition coefficient (Wildman–Crippen LogP) is 3.25. The number of fused-ring (bicyclic) bond motifs is 1. The largest absolute Gasteiger partial charge is 0.493 e. The Kier molecular flexibility index (Phi) is 5.11. The van der Waals surface area contributed by atoms with Gasteiger partial charge in [0.1, 0.15) is 11.6 Å². The van der Waals surface area contributed by atoms with Gasteiger partial charge in [-0.3, -0.25) is 0 Å². The Balaban J connectivity index is 1.52. The van der Waals surface area contributed by atoms with E-state index in [0.717, 1.165) is 9.87 Å². The van der Waals surface area contributed by atoms with Crippen LogP contribution in [0.3, 0.4) is 0 Å². The summed E-state index contributed by atoms with van der Waals surface area (Å²) in [6, 6.07) is 11.2. The molecule has 6 nitrogen and oxygen atoms in total. The molecule has 0 saturated carbocycles.